The first-order valence-electron chi connectivity index (χ1n) is 6.63. The fourth-order valence-electron chi connectivity index (χ4n) is 2.31. The van der Waals surface area contributed by atoms with Crippen molar-refractivity contribution in [2.24, 2.45) is 0 Å². The molecule has 0 radical (unpaired) electrons. The van der Waals surface area contributed by atoms with Crippen molar-refractivity contribution in [3.63, 3.8) is 0 Å². The maximum atomic E-state index is 6.17. The second-order valence-electron chi connectivity index (χ2n) is 4.57. The zero-order valence-electron chi connectivity index (χ0n) is 11.0. The summed E-state index contributed by atoms with van der Waals surface area (Å²) in [6, 6.07) is 4.54. The van der Waals surface area contributed by atoms with Crippen LogP contribution in [0.2, 0.25) is 0 Å². The van der Waals surface area contributed by atoms with Gasteiger partial charge in [-0.15, -0.1) is 0 Å². The van der Waals surface area contributed by atoms with E-state index in [0.717, 1.165) is 24.9 Å². The van der Waals surface area contributed by atoms with E-state index in [0.29, 0.717) is 0 Å². The summed E-state index contributed by atoms with van der Waals surface area (Å²) < 4.78 is 0. The fraction of sp³-hybridized carbons (Fsp3) is 0.600. The molecule has 1 nitrogen and oxygen atoms in total. The normalized spacial score (nSPS) is 10.7. The molecule has 0 saturated carbocycles. The molecular weight excluding hydrogens is 194 g/mol. The lowest BCUT2D eigenvalue weighted by atomic mass is 9.94. The van der Waals surface area contributed by atoms with Crippen molar-refractivity contribution in [3.05, 3.63) is 28.8 Å². The molecule has 0 aliphatic rings. The van der Waals surface area contributed by atoms with Crippen LogP contribution in [-0.2, 0) is 19.3 Å². The highest BCUT2D eigenvalue weighted by Gasteiger charge is 2.07. The van der Waals surface area contributed by atoms with Gasteiger partial charge in [0.2, 0.25) is 0 Å². The summed E-state index contributed by atoms with van der Waals surface area (Å²) in [4.78, 5) is 0. The molecular formula is C15H25N. The minimum Gasteiger partial charge on any atom is -0.398 e. The maximum Gasteiger partial charge on any atom is 0.0352 e. The summed E-state index contributed by atoms with van der Waals surface area (Å²) in [6.07, 6.45) is 7.00. The third-order valence-electron chi connectivity index (χ3n) is 2.99. The van der Waals surface area contributed by atoms with Gasteiger partial charge in [-0.05, 0) is 42.0 Å². The van der Waals surface area contributed by atoms with Gasteiger partial charge in [0.25, 0.3) is 0 Å². The SMILES string of the molecule is CCCc1cc(N)c(CCC)c(CCC)c1. The van der Waals surface area contributed by atoms with Crippen LogP contribution in [0.15, 0.2) is 12.1 Å². The molecule has 0 saturated heterocycles. The Labute approximate surface area is 100 Å². The number of hydrogen-bond donors (Lipinski definition) is 1. The molecule has 0 aromatic heterocycles. The molecule has 0 aliphatic heterocycles. The summed E-state index contributed by atoms with van der Waals surface area (Å²) in [7, 11) is 0. The predicted molar refractivity (Wildman–Crippen MR) is 72.8 cm³/mol. The largest absolute Gasteiger partial charge is 0.398 e. The Morgan fingerprint density at radius 1 is 0.875 bits per heavy atom. The Hall–Kier alpha value is -0.980. The van der Waals surface area contributed by atoms with Crippen molar-refractivity contribution in [2.75, 3.05) is 5.73 Å². The highest BCUT2D eigenvalue weighted by atomic mass is 14.6. The highest BCUT2D eigenvalue weighted by Crippen LogP contribution is 2.23. The molecule has 0 aliphatic carbocycles. The second-order valence-corrected chi connectivity index (χ2v) is 4.57. The lowest BCUT2D eigenvalue weighted by Crippen LogP contribution is -2.02. The maximum absolute atomic E-state index is 6.17. The van der Waals surface area contributed by atoms with E-state index in [1.807, 2.05) is 0 Å². The van der Waals surface area contributed by atoms with Gasteiger partial charge in [0.05, 0.1) is 0 Å². The first-order valence-corrected chi connectivity index (χ1v) is 6.63. The zero-order chi connectivity index (χ0) is 12.0. The van der Waals surface area contributed by atoms with Crippen LogP contribution in [0.4, 0.5) is 5.69 Å². The van der Waals surface area contributed by atoms with Gasteiger partial charge in [0, 0.05) is 5.69 Å². The number of rotatable bonds is 6. The van der Waals surface area contributed by atoms with Crippen LogP contribution in [0.5, 0.6) is 0 Å². The van der Waals surface area contributed by atoms with Gasteiger partial charge in [-0.25, -0.2) is 0 Å². The van der Waals surface area contributed by atoms with Crippen molar-refractivity contribution in [1.82, 2.24) is 0 Å². The monoisotopic (exact) mass is 219 g/mol. The Morgan fingerprint density at radius 2 is 1.50 bits per heavy atom. The summed E-state index contributed by atoms with van der Waals surface area (Å²) >= 11 is 0. The smallest absolute Gasteiger partial charge is 0.0352 e. The number of hydrogen-bond acceptors (Lipinski definition) is 1. The Kier molecular flexibility index (Phi) is 5.37. The topological polar surface area (TPSA) is 26.0 Å². The quantitative estimate of drug-likeness (QED) is 0.715. The minimum atomic E-state index is 1.01. The minimum absolute atomic E-state index is 1.01. The van der Waals surface area contributed by atoms with Crippen molar-refractivity contribution in [2.45, 2.75) is 59.3 Å². The number of nitrogens with two attached hydrogens (primary N) is 1. The van der Waals surface area contributed by atoms with Gasteiger partial charge < -0.3 is 5.73 Å². The van der Waals surface area contributed by atoms with Crippen LogP contribution < -0.4 is 5.73 Å². The Balaban J connectivity index is 3.05. The number of aryl methyl sites for hydroxylation is 2. The van der Waals surface area contributed by atoms with Crippen molar-refractivity contribution in [1.29, 1.82) is 0 Å². The molecule has 0 amide bonds. The van der Waals surface area contributed by atoms with E-state index in [9.17, 15) is 0 Å². The lowest BCUT2D eigenvalue weighted by Gasteiger charge is -2.14. The number of benzene rings is 1. The third kappa shape index (κ3) is 3.26. The molecule has 1 heteroatoms. The summed E-state index contributed by atoms with van der Waals surface area (Å²) in [6.45, 7) is 6.67. The van der Waals surface area contributed by atoms with E-state index in [2.05, 4.69) is 32.9 Å². The number of nitrogen functional groups attached to an aromatic ring is 1. The average Bonchev–Trinajstić information content (AvgIpc) is 2.24. The van der Waals surface area contributed by atoms with Crippen LogP contribution in [0.25, 0.3) is 0 Å². The second kappa shape index (κ2) is 6.57. The molecule has 90 valence electrons. The Morgan fingerprint density at radius 3 is 2.06 bits per heavy atom. The van der Waals surface area contributed by atoms with Gasteiger partial charge >= 0.3 is 0 Å². The average molecular weight is 219 g/mol. The van der Waals surface area contributed by atoms with Crippen LogP contribution in [-0.4, -0.2) is 0 Å². The molecule has 0 spiro atoms. The molecule has 0 unspecified atom stereocenters. The lowest BCUT2D eigenvalue weighted by molar-refractivity contribution is 0.852. The summed E-state index contributed by atoms with van der Waals surface area (Å²) in [5.41, 5.74) is 11.5. The molecule has 1 aromatic carbocycles. The van der Waals surface area contributed by atoms with Crippen LogP contribution in [0.1, 0.15) is 56.7 Å². The molecule has 16 heavy (non-hydrogen) atoms. The molecule has 1 aromatic rings. The molecule has 0 fully saturated rings. The van der Waals surface area contributed by atoms with Crippen LogP contribution in [0.3, 0.4) is 0 Å². The van der Waals surface area contributed by atoms with E-state index < -0.39 is 0 Å². The van der Waals surface area contributed by atoms with Gasteiger partial charge in [0.15, 0.2) is 0 Å². The van der Waals surface area contributed by atoms with E-state index in [-0.39, 0.29) is 0 Å². The fourth-order valence-corrected chi connectivity index (χ4v) is 2.31. The van der Waals surface area contributed by atoms with E-state index >= 15 is 0 Å². The number of anilines is 1. The van der Waals surface area contributed by atoms with E-state index in [4.69, 9.17) is 5.73 Å². The van der Waals surface area contributed by atoms with E-state index in [1.165, 1.54) is 36.0 Å². The summed E-state index contributed by atoms with van der Waals surface area (Å²) in [5, 5.41) is 0. The first kappa shape index (κ1) is 13.1. The summed E-state index contributed by atoms with van der Waals surface area (Å²) in [5.74, 6) is 0. The van der Waals surface area contributed by atoms with E-state index in [1.54, 1.807) is 0 Å². The van der Waals surface area contributed by atoms with Gasteiger partial charge in [-0.3, -0.25) is 0 Å². The molecule has 0 bridgehead atoms. The van der Waals surface area contributed by atoms with Gasteiger partial charge in [-0.2, -0.15) is 0 Å². The molecule has 1 rings (SSSR count). The highest BCUT2D eigenvalue weighted by molar-refractivity contribution is 5.54. The van der Waals surface area contributed by atoms with Crippen molar-refractivity contribution in [3.8, 4) is 0 Å². The molecule has 0 atom stereocenters. The molecule has 2 N–H and O–H groups in total. The predicted octanol–water partition coefficient (Wildman–Crippen LogP) is 4.13. The Bertz CT molecular complexity index is 328. The van der Waals surface area contributed by atoms with Gasteiger partial charge in [-0.1, -0.05) is 46.1 Å². The van der Waals surface area contributed by atoms with Crippen molar-refractivity contribution >= 4 is 5.69 Å². The van der Waals surface area contributed by atoms with Crippen LogP contribution in [0, 0.1) is 0 Å². The zero-order valence-corrected chi connectivity index (χ0v) is 11.0. The molecule has 0 heterocycles. The standard InChI is InChI=1S/C15H25N/c1-4-7-12-10-13(8-5-2)14(9-6-3)15(16)11-12/h10-11H,4-9,16H2,1-3H3. The van der Waals surface area contributed by atoms with Crippen molar-refractivity contribution < 1.29 is 0 Å². The van der Waals surface area contributed by atoms with Crippen LogP contribution >= 0.6 is 0 Å². The first-order chi connectivity index (χ1) is 7.72. The third-order valence-corrected chi connectivity index (χ3v) is 2.99. The van der Waals surface area contributed by atoms with Gasteiger partial charge in [0.1, 0.15) is 0 Å².